The molecular weight excluding hydrogens is 220 g/mol. The first-order chi connectivity index (χ1) is 6.24. The summed E-state index contributed by atoms with van der Waals surface area (Å²) in [6.45, 7) is 14.6. The molecule has 0 amide bonds. The van der Waals surface area contributed by atoms with Crippen molar-refractivity contribution in [2.75, 3.05) is 0 Å². The van der Waals surface area contributed by atoms with Crippen LogP contribution in [-0.4, -0.2) is 29.6 Å². The predicted molar refractivity (Wildman–Crippen MR) is 72.7 cm³/mol. The summed E-state index contributed by atoms with van der Waals surface area (Å²) in [6, 6.07) is 4.14. The maximum Gasteiger partial charge on any atom is 0.170 e. The summed E-state index contributed by atoms with van der Waals surface area (Å²) in [5, 5.41) is 0. The van der Waals surface area contributed by atoms with Gasteiger partial charge in [-0.1, -0.05) is 26.9 Å². The molecule has 0 aliphatic carbocycles. The second-order valence-corrected chi connectivity index (χ2v) is 29.1. The van der Waals surface area contributed by atoms with Crippen molar-refractivity contribution < 1.29 is 4.43 Å². The fourth-order valence-corrected chi connectivity index (χ4v) is 42.7. The maximum absolute atomic E-state index is 6.53. The third-order valence-corrected chi connectivity index (χ3v) is 33.9. The average molecular weight is 247 g/mol. The molecule has 4 heteroatoms. The summed E-state index contributed by atoms with van der Waals surface area (Å²) in [6.07, 6.45) is 0. The van der Waals surface area contributed by atoms with Gasteiger partial charge in [0.1, 0.15) is 0 Å². The quantitative estimate of drug-likeness (QED) is 0.681. The smallest absolute Gasteiger partial charge is 0.170 e. The highest BCUT2D eigenvalue weighted by atomic mass is 29.6. The van der Waals surface area contributed by atoms with Crippen molar-refractivity contribution in [3.63, 3.8) is 0 Å². The second kappa shape index (κ2) is 3.88. The number of hydrogen-bond acceptors (Lipinski definition) is 1. The lowest BCUT2D eigenvalue weighted by atomic mass is 10.2. The molecule has 0 aromatic heterocycles. The van der Waals surface area contributed by atoms with E-state index in [1.54, 1.807) is 0 Å². The van der Waals surface area contributed by atoms with E-state index in [0.29, 0.717) is 0 Å². The Kier molecular flexibility index (Phi) is 3.52. The lowest BCUT2D eigenvalue weighted by Gasteiger charge is -2.50. The van der Waals surface area contributed by atoms with Crippen molar-refractivity contribution in [2.24, 2.45) is 0 Å². The van der Waals surface area contributed by atoms with Crippen LogP contribution in [-0.2, 0) is 4.43 Å². The Bertz CT molecular complexity index is 191. The molecular formula is C10H26OSi3. The molecule has 0 radical (unpaired) electrons. The van der Waals surface area contributed by atoms with E-state index in [9.17, 15) is 0 Å². The molecule has 0 unspecified atom stereocenters. The first-order valence-corrected chi connectivity index (χ1v) is 16.1. The van der Waals surface area contributed by atoms with Gasteiger partial charge in [0, 0.05) is 21.7 Å². The normalized spacial score (nSPS) is 30.4. The minimum absolute atomic E-state index is 0.130. The average Bonchev–Trinajstić information content (AvgIpc) is 1.98. The molecule has 0 spiro atoms. The minimum Gasteiger partial charge on any atom is -0.416 e. The molecule has 0 aromatic rings. The Morgan fingerprint density at radius 2 is 1.71 bits per heavy atom. The minimum atomic E-state index is -1.20. The number of hydrogen-bond donors (Lipinski definition) is 0. The van der Waals surface area contributed by atoms with Gasteiger partial charge in [-0.15, -0.1) is 0 Å². The van der Waals surface area contributed by atoms with Crippen molar-refractivity contribution in [1.29, 1.82) is 0 Å². The highest BCUT2D eigenvalue weighted by molar-refractivity contribution is 7.52. The monoisotopic (exact) mass is 246 g/mol. The Morgan fingerprint density at radius 1 is 1.21 bits per heavy atom. The van der Waals surface area contributed by atoms with Crippen LogP contribution in [0.2, 0.25) is 31.2 Å². The van der Waals surface area contributed by atoms with Crippen LogP contribution in [0, 0.1) is 0 Å². The fraction of sp³-hybridized carbons (Fsp3) is 1.00. The van der Waals surface area contributed by atoms with Crippen LogP contribution in [0.1, 0.15) is 27.7 Å². The molecule has 1 saturated heterocycles. The molecule has 1 rings (SSSR count). The Hall–Kier alpha value is 0.611. The van der Waals surface area contributed by atoms with Gasteiger partial charge in [-0.3, -0.25) is 0 Å². The standard InChI is InChI=1S/C10H26OSi3/c1-7-14(8-2)11-10(3,4)9-13(5,6)12-14/h7-9,12H2,1-6H3. The van der Waals surface area contributed by atoms with Gasteiger partial charge in [-0.05, 0) is 32.0 Å². The van der Waals surface area contributed by atoms with E-state index in [1.165, 1.54) is 18.1 Å². The van der Waals surface area contributed by atoms with E-state index in [4.69, 9.17) is 4.43 Å². The van der Waals surface area contributed by atoms with Crippen LogP contribution >= 0.6 is 0 Å². The van der Waals surface area contributed by atoms with E-state index in [-0.39, 0.29) is 14.2 Å². The molecule has 0 atom stereocenters. The third kappa shape index (κ3) is 2.81. The van der Waals surface area contributed by atoms with Crippen LogP contribution in [0.3, 0.4) is 0 Å². The summed E-state index contributed by atoms with van der Waals surface area (Å²) >= 11 is 0. The van der Waals surface area contributed by atoms with E-state index in [1.807, 2.05) is 0 Å². The maximum atomic E-state index is 6.53. The van der Waals surface area contributed by atoms with E-state index in [2.05, 4.69) is 40.8 Å². The molecule has 84 valence electrons. The van der Waals surface area contributed by atoms with Gasteiger partial charge in [-0.2, -0.15) is 0 Å². The predicted octanol–water partition coefficient (Wildman–Crippen LogP) is 2.65. The molecule has 0 bridgehead atoms. The van der Waals surface area contributed by atoms with Gasteiger partial charge in [0.25, 0.3) is 0 Å². The summed E-state index contributed by atoms with van der Waals surface area (Å²) in [4.78, 5) is 0. The van der Waals surface area contributed by atoms with E-state index in [0.717, 1.165) is 0 Å². The van der Waals surface area contributed by atoms with Crippen LogP contribution in [0.15, 0.2) is 0 Å². The zero-order valence-corrected chi connectivity index (χ0v) is 14.2. The summed E-state index contributed by atoms with van der Waals surface area (Å²) in [5.74, 6) is 0. The van der Waals surface area contributed by atoms with Crippen molar-refractivity contribution in [3.8, 4) is 0 Å². The molecule has 1 aliphatic rings. The Labute approximate surface area is 93.2 Å². The SMILES string of the molecule is CC[Si]1(CC)OC(C)(C)C[Si](C)(C)[SiH2]1. The largest absolute Gasteiger partial charge is 0.416 e. The van der Waals surface area contributed by atoms with E-state index >= 15 is 0 Å². The van der Waals surface area contributed by atoms with Gasteiger partial charge in [0.15, 0.2) is 7.83 Å². The van der Waals surface area contributed by atoms with Gasteiger partial charge in [-0.25, -0.2) is 0 Å². The second-order valence-electron chi connectivity index (χ2n) is 6.27. The van der Waals surface area contributed by atoms with Crippen molar-refractivity contribution in [2.45, 2.75) is 64.5 Å². The van der Waals surface area contributed by atoms with Gasteiger partial charge >= 0.3 is 0 Å². The molecule has 1 heterocycles. The molecule has 0 N–H and O–H groups in total. The Morgan fingerprint density at radius 3 is 2.07 bits per heavy atom. The van der Waals surface area contributed by atoms with Gasteiger partial charge in [0.05, 0.1) is 0 Å². The van der Waals surface area contributed by atoms with Crippen LogP contribution in [0.4, 0.5) is 0 Å². The van der Waals surface area contributed by atoms with Crippen molar-refractivity contribution in [1.82, 2.24) is 0 Å². The van der Waals surface area contributed by atoms with Crippen molar-refractivity contribution in [3.05, 3.63) is 0 Å². The third-order valence-electron chi connectivity index (χ3n) is 3.49. The van der Waals surface area contributed by atoms with Crippen LogP contribution in [0.5, 0.6) is 0 Å². The highest BCUT2D eigenvalue weighted by Gasteiger charge is 2.49. The molecule has 0 aromatic carbocycles. The highest BCUT2D eigenvalue weighted by Crippen LogP contribution is 2.36. The summed E-state index contributed by atoms with van der Waals surface area (Å²) in [5.41, 5.74) is 0.208. The van der Waals surface area contributed by atoms with Gasteiger partial charge < -0.3 is 4.43 Å². The van der Waals surface area contributed by atoms with E-state index < -0.39 is 15.4 Å². The van der Waals surface area contributed by atoms with Crippen molar-refractivity contribution >= 4 is 24.0 Å². The molecule has 1 nitrogen and oxygen atoms in total. The summed E-state index contributed by atoms with van der Waals surface area (Å²) in [7, 11) is -1.90. The van der Waals surface area contributed by atoms with Crippen LogP contribution < -0.4 is 0 Å². The molecule has 14 heavy (non-hydrogen) atoms. The lowest BCUT2D eigenvalue weighted by Crippen LogP contribution is -2.65. The number of rotatable bonds is 2. The molecule has 1 aliphatic heterocycles. The fourth-order valence-electron chi connectivity index (χ4n) is 3.39. The van der Waals surface area contributed by atoms with Crippen LogP contribution in [0.25, 0.3) is 0 Å². The zero-order valence-electron chi connectivity index (χ0n) is 10.7. The topological polar surface area (TPSA) is 9.23 Å². The zero-order chi connectivity index (χ0) is 11.0. The van der Waals surface area contributed by atoms with Gasteiger partial charge in [0.2, 0.25) is 0 Å². The molecule has 1 fully saturated rings. The summed E-state index contributed by atoms with van der Waals surface area (Å²) < 4.78 is 6.53. The molecule has 0 saturated carbocycles. The lowest BCUT2D eigenvalue weighted by molar-refractivity contribution is 0.120. The Balaban J connectivity index is 2.90. The first kappa shape index (κ1) is 12.7. The first-order valence-electron chi connectivity index (χ1n) is 5.94.